The lowest BCUT2D eigenvalue weighted by molar-refractivity contribution is -0.147. The Balaban J connectivity index is 1.80. The highest BCUT2D eigenvalue weighted by atomic mass is 32.2. The summed E-state index contributed by atoms with van der Waals surface area (Å²) in [6.45, 7) is -0.975. The van der Waals surface area contributed by atoms with E-state index in [0.717, 1.165) is 23.1 Å². The van der Waals surface area contributed by atoms with Crippen LogP contribution in [0.15, 0.2) is 58.3 Å². The smallest absolute Gasteiger partial charge is 0.416 e. The van der Waals surface area contributed by atoms with Crippen LogP contribution in [0.1, 0.15) is 12.0 Å². The van der Waals surface area contributed by atoms with Crippen molar-refractivity contribution in [2.24, 2.45) is 0 Å². The SMILES string of the molecule is CSc1cccc(NC(=O)COC(=O)CCNS(=O)(=O)c2cccc(C(F)(F)F)c2)c1. The van der Waals surface area contributed by atoms with E-state index in [1.807, 2.05) is 17.0 Å². The topological polar surface area (TPSA) is 102 Å². The number of carbonyl (C=O) groups is 2. The number of ether oxygens (including phenoxy) is 1. The van der Waals surface area contributed by atoms with Gasteiger partial charge in [-0.3, -0.25) is 9.59 Å². The number of amides is 1. The second-order valence-electron chi connectivity index (χ2n) is 6.11. The molecule has 7 nitrogen and oxygen atoms in total. The summed E-state index contributed by atoms with van der Waals surface area (Å²) < 4.78 is 69.2. The van der Waals surface area contributed by atoms with Gasteiger partial charge >= 0.3 is 12.1 Å². The Bertz CT molecular complexity index is 1040. The molecule has 1 amide bonds. The first kappa shape index (κ1) is 24.7. The number of benzene rings is 2. The molecule has 0 saturated carbocycles. The average Bonchev–Trinajstić information content (AvgIpc) is 2.72. The summed E-state index contributed by atoms with van der Waals surface area (Å²) in [6.07, 6.45) is -3.22. The second-order valence-corrected chi connectivity index (χ2v) is 8.76. The van der Waals surface area contributed by atoms with Gasteiger partial charge in [-0.25, -0.2) is 13.1 Å². The number of hydrogen-bond donors (Lipinski definition) is 2. The highest BCUT2D eigenvalue weighted by molar-refractivity contribution is 7.98. The van der Waals surface area contributed by atoms with Crippen molar-refractivity contribution in [1.29, 1.82) is 0 Å². The van der Waals surface area contributed by atoms with Gasteiger partial charge in [0.25, 0.3) is 5.91 Å². The molecule has 0 atom stereocenters. The number of carbonyl (C=O) groups excluding carboxylic acids is 2. The van der Waals surface area contributed by atoms with Gasteiger partial charge < -0.3 is 10.1 Å². The number of hydrogen-bond acceptors (Lipinski definition) is 6. The fraction of sp³-hybridized carbons (Fsp3) is 0.263. The molecule has 2 aromatic carbocycles. The van der Waals surface area contributed by atoms with E-state index in [1.165, 1.54) is 11.8 Å². The van der Waals surface area contributed by atoms with Crippen LogP contribution in [0, 0.1) is 0 Å². The molecule has 0 bridgehead atoms. The first-order valence-corrected chi connectivity index (χ1v) is 11.5. The molecule has 0 unspecified atom stereocenters. The summed E-state index contributed by atoms with van der Waals surface area (Å²) >= 11 is 1.49. The fourth-order valence-electron chi connectivity index (χ4n) is 2.33. The molecule has 0 radical (unpaired) electrons. The number of nitrogens with one attached hydrogen (secondary N) is 2. The van der Waals surface area contributed by atoms with E-state index in [9.17, 15) is 31.2 Å². The van der Waals surface area contributed by atoms with Crippen LogP contribution < -0.4 is 10.0 Å². The monoisotopic (exact) mass is 476 g/mol. The number of alkyl halides is 3. The van der Waals surface area contributed by atoms with Crippen LogP contribution in [0.2, 0.25) is 0 Å². The van der Waals surface area contributed by atoms with Gasteiger partial charge in [-0.05, 0) is 42.7 Å². The highest BCUT2D eigenvalue weighted by Gasteiger charge is 2.31. The van der Waals surface area contributed by atoms with Crippen molar-refractivity contribution in [3.05, 3.63) is 54.1 Å². The Morgan fingerprint density at radius 2 is 1.81 bits per heavy atom. The summed E-state index contributed by atoms with van der Waals surface area (Å²) in [4.78, 5) is 23.9. The minimum Gasteiger partial charge on any atom is -0.456 e. The Morgan fingerprint density at radius 1 is 1.10 bits per heavy atom. The molecule has 0 spiro atoms. The van der Waals surface area contributed by atoms with E-state index in [2.05, 4.69) is 5.32 Å². The molecular formula is C19H19F3N2O5S2. The predicted octanol–water partition coefficient (Wildman–Crippen LogP) is 3.28. The van der Waals surface area contributed by atoms with Crippen molar-refractivity contribution in [1.82, 2.24) is 4.72 Å². The summed E-state index contributed by atoms with van der Waals surface area (Å²) in [5.41, 5.74) is -0.578. The Labute approximate surface area is 181 Å². The van der Waals surface area contributed by atoms with E-state index in [-0.39, 0.29) is 0 Å². The van der Waals surface area contributed by atoms with E-state index >= 15 is 0 Å². The number of halogens is 3. The van der Waals surface area contributed by atoms with Gasteiger partial charge in [0.05, 0.1) is 16.9 Å². The van der Waals surface area contributed by atoms with Gasteiger partial charge in [-0.1, -0.05) is 12.1 Å². The third-order valence-corrected chi connectivity index (χ3v) is 5.99. The minimum atomic E-state index is -4.69. The number of sulfonamides is 1. The van der Waals surface area contributed by atoms with E-state index < -0.39 is 58.1 Å². The Kier molecular flexibility index (Phi) is 8.48. The third-order valence-electron chi connectivity index (χ3n) is 3.81. The van der Waals surface area contributed by atoms with E-state index in [4.69, 9.17) is 4.74 Å². The third kappa shape index (κ3) is 7.89. The summed E-state index contributed by atoms with van der Waals surface area (Å²) in [7, 11) is -4.26. The quantitative estimate of drug-likeness (QED) is 0.426. The van der Waals surface area contributed by atoms with Crippen LogP contribution >= 0.6 is 11.8 Å². The maximum atomic E-state index is 12.7. The zero-order chi connectivity index (χ0) is 23.1. The van der Waals surface area contributed by atoms with Crippen LogP contribution in [-0.2, 0) is 30.5 Å². The van der Waals surface area contributed by atoms with Gasteiger partial charge in [-0.2, -0.15) is 13.2 Å². The summed E-state index contributed by atoms with van der Waals surface area (Å²) in [5.74, 6) is -1.42. The maximum Gasteiger partial charge on any atom is 0.416 e. The van der Waals surface area contributed by atoms with E-state index in [0.29, 0.717) is 11.8 Å². The molecule has 2 rings (SSSR count). The van der Waals surface area contributed by atoms with Crippen molar-refractivity contribution in [3.8, 4) is 0 Å². The number of rotatable bonds is 9. The number of thioether (sulfide) groups is 1. The fourth-order valence-corrected chi connectivity index (χ4v) is 3.86. The van der Waals surface area contributed by atoms with Crippen molar-refractivity contribution in [3.63, 3.8) is 0 Å². The lowest BCUT2D eigenvalue weighted by atomic mass is 10.2. The van der Waals surface area contributed by atoms with Crippen LogP contribution in [0.3, 0.4) is 0 Å². The van der Waals surface area contributed by atoms with Crippen molar-refractivity contribution in [2.45, 2.75) is 22.4 Å². The summed E-state index contributed by atoms with van der Waals surface area (Å²) in [5, 5.41) is 2.56. The molecule has 12 heteroatoms. The normalized spacial score (nSPS) is 11.7. The minimum absolute atomic E-state index is 0.408. The lowest BCUT2D eigenvalue weighted by Crippen LogP contribution is -2.28. The average molecular weight is 476 g/mol. The molecule has 0 fully saturated rings. The Morgan fingerprint density at radius 3 is 2.48 bits per heavy atom. The molecule has 0 aromatic heterocycles. The standard InChI is InChI=1S/C19H19F3N2O5S2/c1-30-15-6-3-5-14(11-15)24-17(25)12-29-18(26)8-9-23-31(27,28)16-7-2-4-13(10-16)19(20,21)22/h2-7,10-11,23H,8-9,12H2,1H3,(H,24,25). The lowest BCUT2D eigenvalue weighted by Gasteiger charge is -2.10. The van der Waals surface area contributed by atoms with Crippen molar-refractivity contribution >= 4 is 39.3 Å². The predicted molar refractivity (Wildman–Crippen MR) is 109 cm³/mol. The van der Waals surface area contributed by atoms with Crippen LogP contribution in [0.25, 0.3) is 0 Å². The van der Waals surface area contributed by atoms with Gasteiger partial charge in [0.2, 0.25) is 10.0 Å². The van der Waals surface area contributed by atoms with Gasteiger partial charge in [0, 0.05) is 17.1 Å². The first-order valence-electron chi connectivity index (χ1n) is 8.78. The molecule has 168 valence electrons. The Hall–Kier alpha value is -2.57. The summed E-state index contributed by atoms with van der Waals surface area (Å²) in [6, 6.07) is 10.3. The van der Waals surface area contributed by atoms with Crippen LogP contribution in [-0.4, -0.2) is 39.7 Å². The van der Waals surface area contributed by atoms with E-state index in [1.54, 1.807) is 18.2 Å². The zero-order valence-electron chi connectivity index (χ0n) is 16.2. The highest BCUT2D eigenvalue weighted by Crippen LogP contribution is 2.30. The van der Waals surface area contributed by atoms with Crippen molar-refractivity contribution in [2.75, 3.05) is 24.7 Å². The molecule has 0 heterocycles. The maximum absolute atomic E-state index is 12.7. The molecule has 0 aliphatic heterocycles. The number of anilines is 1. The zero-order valence-corrected chi connectivity index (χ0v) is 17.9. The molecule has 31 heavy (non-hydrogen) atoms. The van der Waals surface area contributed by atoms with Crippen LogP contribution in [0.4, 0.5) is 18.9 Å². The molecular weight excluding hydrogens is 457 g/mol. The van der Waals surface area contributed by atoms with Gasteiger partial charge in [-0.15, -0.1) is 11.8 Å². The van der Waals surface area contributed by atoms with Crippen LogP contribution in [0.5, 0.6) is 0 Å². The second kappa shape index (κ2) is 10.6. The van der Waals surface area contributed by atoms with Gasteiger partial charge in [0.15, 0.2) is 6.61 Å². The number of esters is 1. The molecule has 0 aliphatic carbocycles. The molecule has 2 aromatic rings. The van der Waals surface area contributed by atoms with Gasteiger partial charge in [0.1, 0.15) is 0 Å². The first-order chi connectivity index (χ1) is 14.5. The molecule has 0 saturated heterocycles. The largest absolute Gasteiger partial charge is 0.456 e. The molecule has 2 N–H and O–H groups in total. The van der Waals surface area contributed by atoms with Crippen molar-refractivity contribution < 1.29 is 35.9 Å². The molecule has 0 aliphatic rings.